The van der Waals surface area contributed by atoms with Crippen LogP contribution in [0.2, 0.25) is 5.02 Å². The van der Waals surface area contributed by atoms with Crippen LogP contribution in [0.15, 0.2) is 12.4 Å². The highest BCUT2D eigenvalue weighted by Gasteiger charge is 2.21. The van der Waals surface area contributed by atoms with Crippen LogP contribution in [0.4, 0.5) is 5.82 Å². The first kappa shape index (κ1) is 20.4. The van der Waals surface area contributed by atoms with Crippen LogP contribution in [-0.4, -0.2) is 36.5 Å². The third-order valence-electron chi connectivity index (χ3n) is 4.59. The second kappa shape index (κ2) is 8.36. The third kappa shape index (κ3) is 3.93. The fourth-order valence-electron chi connectivity index (χ4n) is 2.94. The molecule has 2 N–H and O–H groups in total. The van der Waals surface area contributed by atoms with Crippen molar-refractivity contribution in [3.05, 3.63) is 28.8 Å². The van der Waals surface area contributed by atoms with Gasteiger partial charge in [0, 0.05) is 13.1 Å². The molecule has 0 unspecified atom stereocenters. The molecule has 0 aliphatic heterocycles. The van der Waals surface area contributed by atoms with Gasteiger partial charge in [-0.2, -0.15) is 5.10 Å². The zero-order valence-corrected chi connectivity index (χ0v) is 18.2. The van der Waals surface area contributed by atoms with E-state index < -0.39 is 0 Å². The van der Waals surface area contributed by atoms with Crippen molar-refractivity contribution in [1.29, 1.82) is 5.41 Å². The summed E-state index contributed by atoms with van der Waals surface area (Å²) in [5.41, 5.74) is 2.38. The van der Waals surface area contributed by atoms with Crippen LogP contribution >= 0.6 is 22.9 Å². The summed E-state index contributed by atoms with van der Waals surface area (Å²) in [7, 11) is 1.84. The quantitative estimate of drug-likeness (QED) is 0.530. The van der Waals surface area contributed by atoms with Crippen LogP contribution in [0, 0.1) is 12.3 Å². The maximum atomic E-state index is 8.17. The molecule has 0 fully saturated rings. The zero-order chi connectivity index (χ0) is 20.4. The van der Waals surface area contributed by atoms with Crippen LogP contribution in [0.25, 0.3) is 21.3 Å². The van der Waals surface area contributed by atoms with E-state index in [1.807, 2.05) is 20.0 Å². The lowest BCUT2D eigenvalue weighted by atomic mass is 10.1. The second-order valence-electron chi connectivity index (χ2n) is 6.63. The van der Waals surface area contributed by atoms with Gasteiger partial charge in [-0.05, 0) is 32.8 Å². The number of rotatable bonds is 7. The second-order valence-corrected chi connectivity index (χ2v) is 8.09. The molecule has 0 aromatic carbocycles. The summed E-state index contributed by atoms with van der Waals surface area (Å²) in [5.74, 6) is 1.41. The topological polar surface area (TPSA) is 92.4 Å². The van der Waals surface area contributed by atoms with E-state index >= 15 is 0 Å². The first-order chi connectivity index (χ1) is 13.3. The summed E-state index contributed by atoms with van der Waals surface area (Å²) in [5, 5.41) is 16.3. The Morgan fingerprint density at radius 3 is 2.61 bits per heavy atom. The highest BCUT2D eigenvalue weighted by molar-refractivity contribution is 7.19. The van der Waals surface area contributed by atoms with Crippen molar-refractivity contribution in [2.24, 2.45) is 7.05 Å². The first-order valence-electron chi connectivity index (χ1n) is 9.20. The Hall–Kier alpha value is -2.32. The van der Waals surface area contributed by atoms with E-state index in [1.165, 1.54) is 17.7 Å². The van der Waals surface area contributed by atoms with Gasteiger partial charge in [-0.1, -0.05) is 25.4 Å². The van der Waals surface area contributed by atoms with Gasteiger partial charge in [0.25, 0.3) is 0 Å². The minimum absolute atomic E-state index is 0.297. The van der Waals surface area contributed by atoms with E-state index in [9.17, 15) is 0 Å². The molecule has 9 heteroatoms. The molecular weight excluding hydrogens is 394 g/mol. The van der Waals surface area contributed by atoms with Gasteiger partial charge in [-0.3, -0.25) is 0 Å². The number of nitrogens with zero attached hydrogens (tertiary/aromatic N) is 5. The van der Waals surface area contributed by atoms with Crippen LogP contribution in [0.5, 0.6) is 0 Å². The number of thiophene rings is 1. The molecule has 0 atom stereocenters. The van der Waals surface area contributed by atoms with E-state index in [0.29, 0.717) is 34.0 Å². The van der Waals surface area contributed by atoms with Crippen molar-refractivity contribution in [2.75, 3.05) is 5.32 Å². The third-order valence-corrected chi connectivity index (χ3v) is 6.13. The molecule has 0 amide bonds. The molecule has 28 heavy (non-hydrogen) atoms. The van der Waals surface area contributed by atoms with Gasteiger partial charge in [0.2, 0.25) is 0 Å². The van der Waals surface area contributed by atoms with Crippen LogP contribution in [0.1, 0.15) is 45.0 Å². The van der Waals surface area contributed by atoms with E-state index in [4.69, 9.17) is 27.0 Å². The number of aromatic nitrogens is 5. The molecule has 0 aliphatic carbocycles. The van der Waals surface area contributed by atoms with Gasteiger partial charge >= 0.3 is 0 Å². The Morgan fingerprint density at radius 2 is 2.04 bits per heavy atom. The van der Waals surface area contributed by atoms with Gasteiger partial charge in [-0.15, -0.1) is 11.3 Å². The Labute approximate surface area is 173 Å². The number of halogens is 1. The van der Waals surface area contributed by atoms with Gasteiger partial charge < -0.3 is 10.7 Å². The average Bonchev–Trinajstić information content (AvgIpc) is 3.24. The smallest absolute Gasteiger partial charge is 0.167 e. The lowest BCUT2D eigenvalue weighted by Crippen LogP contribution is -2.21. The average molecular weight is 418 g/mol. The number of hydrogen-bond acceptors (Lipinski definition) is 7. The van der Waals surface area contributed by atoms with Crippen molar-refractivity contribution in [3.63, 3.8) is 0 Å². The van der Waals surface area contributed by atoms with Crippen molar-refractivity contribution in [2.45, 2.75) is 46.6 Å². The summed E-state index contributed by atoms with van der Waals surface area (Å²) >= 11 is 8.04. The molecule has 0 spiro atoms. The molecular formula is C19H24ClN7S. The molecule has 3 aromatic heterocycles. The normalized spacial score (nSPS) is 11.2. The minimum Gasteiger partial charge on any atom is -0.366 e. The Bertz CT molecular complexity index is 1000. The van der Waals surface area contributed by atoms with Crippen molar-refractivity contribution in [3.8, 4) is 21.3 Å². The van der Waals surface area contributed by atoms with Crippen molar-refractivity contribution >= 4 is 34.5 Å². The number of anilines is 1. The molecule has 0 saturated carbocycles. The monoisotopic (exact) mass is 417 g/mol. The highest BCUT2D eigenvalue weighted by atomic mass is 35.5. The lowest BCUT2D eigenvalue weighted by Gasteiger charge is -2.19. The van der Waals surface area contributed by atoms with Gasteiger partial charge in [-0.25, -0.2) is 19.6 Å². The molecule has 0 saturated heterocycles. The fraction of sp³-hybridized carbons (Fsp3) is 0.421. The molecule has 0 bridgehead atoms. The molecule has 0 aliphatic rings. The summed E-state index contributed by atoms with van der Waals surface area (Å²) in [4.78, 5) is 15.5. The Morgan fingerprint density at radius 1 is 1.32 bits per heavy atom. The Balaban J connectivity index is 2.08. The summed E-state index contributed by atoms with van der Waals surface area (Å²) in [6, 6.07) is 2.17. The largest absolute Gasteiger partial charge is 0.366 e. The van der Waals surface area contributed by atoms with E-state index in [1.54, 1.807) is 11.6 Å². The van der Waals surface area contributed by atoms with Crippen LogP contribution in [-0.2, 0) is 7.05 Å². The highest BCUT2D eigenvalue weighted by Crippen LogP contribution is 2.40. The minimum atomic E-state index is 0.297. The number of hydrogen-bond donors (Lipinski definition) is 2. The molecule has 3 aromatic rings. The fourth-order valence-corrected chi connectivity index (χ4v) is 4.44. The molecule has 7 nitrogen and oxygen atoms in total. The Kier molecular flexibility index (Phi) is 6.10. The maximum Gasteiger partial charge on any atom is 0.167 e. The van der Waals surface area contributed by atoms with E-state index in [0.717, 1.165) is 34.1 Å². The van der Waals surface area contributed by atoms with Crippen LogP contribution in [0.3, 0.4) is 0 Å². The lowest BCUT2D eigenvalue weighted by molar-refractivity contribution is 0.667. The molecule has 0 radical (unpaired) electrons. The van der Waals surface area contributed by atoms with Gasteiger partial charge in [0.1, 0.15) is 17.7 Å². The SMILES string of the molecule is CCC(CC)Nc1nc(C)c(-c2sc(-c3ncnn3C)cc2Cl)nc1C(C)=N. The first-order valence-corrected chi connectivity index (χ1v) is 10.4. The summed E-state index contributed by atoms with van der Waals surface area (Å²) in [6.45, 7) is 7.90. The predicted octanol–water partition coefficient (Wildman–Crippen LogP) is 4.95. The maximum absolute atomic E-state index is 8.17. The number of nitrogens with one attached hydrogen (secondary N) is 2. The number of aryl methyl sites for hydroxylation is 2. The predicted molar refractivity (Wildman–Crippen MR) is 116 cm³/mol. The van der Waals surface area contributed by atoms with E-state index in [-0.39, 0.29) is 0 Å². The molecule has 3 heterocycles. The standard InChI is InChI=1S/C19H24ClN7S/c1-6-12(7-2)25-18-15(10(3)21)26-16(11(4)24-18)17-13(20)8-14(28-17)19-22-9-23-27(19)5/h8-9,12,21H,6-7H2,1-5H3,(H,24,25). The zero-order valence-electron chi connectivity index (χ0n) is 16.7. The summed E-state index contributed by atoms with van der Waals surface area (Å²) < 4.78 is 1.71. The summed E-state index contributed by atoms with van der Waals surface area (Å²) in [6.07, 6.45) is 3.48. The van der Waals surface area contributed by atoms with Gasteiger partial charge in [0.05, 0.1) is 26.2 Å². The van der Waals surface area contributed by atoms with Crippen molar-refractivity contribution in [1.82, 2.24) is 24.7 Å². The van der Waals surface area contributed by atoms with E-state index in [2.05, 4.69) is 29.2 Å². The van der Waals surface area contributed by atoms with Crippen LogP contribution < -0.4 is 5.32 Å². The van der Waals surface area contributed by atoms with Crippen molar-refractivity contribution < 1.29 is 0 Å². The van der Waals surface area contributed by atoms with Gasteiger partial charge in [0.15, 0.2) is 11.6 Å². The molecule has 148 valence electrons. The molecule has 3 rings (SSSR count).